The average molecular weight is 573 g/mol. The molecule has 10 heteroatoms. The van der Waals surface area contributed by atoms with E-state index in [4.69, 9.17) is 4.74 Å². The highest BCUT2D eigenvalue weighted by atomic mass is 16.6. The first-order valence-electron chi connectivity index (χ1n) is 14.5. The number of cyclic esters (lactones) is 1. The predicted molar refractivity (Wildman–Crippen MR) is 158 cm³/mol. The molecule has 5 atom stereocenters. The van der Waals surface area contributed by atoms with Crippen molar-refractivity contribution in [3.8, 4) is 0 Å². The number of alkyl carbamates (subject to hydrolysis) is 1. The van der Waals surface area contributed by atoms with Crippen molar-refractivity contribution in [2.45, 2.75) is 96.6 Å². The zero-order chi connectivity index (χ0) is 30.5. The number of ether oxygens (including phenoxy) is 1. The smallest absolute Gasteiger partial charge is 0.408 e. The molecule has 4 N–H and O–H groups in total. The van der Waals surface area contributed by atoms with Crippen molar-refractivity contribution in [1.82, 2.24) is 20.9 Å². The predicted octanol–water partition coefficient (Wildman–Crippen LogP) is 2.94. The highest BCUT2D eigenvalue weighted by Gasteiger charge is 2.35. The second-order valence-electron chi connectivity index (χ2n) is 11.7. The summed E-state index contributed by atoms with van der Waals surface area (Å²) >= 11 is 0. The van der Waals surface area contributed by atoms with Crippen LogP contribution in [-0.4, -0.2) is 78.3 Å². The molecular weight excluding hydrogens is 524 g/mol. The number of allylic oxidation sites excluding steroid dienone is 2. The fourth-order valence-corrected chi connectivity index (χ4v) is 4.84. The van der Waals surface area contributed by atoms with Crippen molar-refractivity contribution in [3.05, 3.63) is 48.0 Å². The number of rotatable bonds is 8. The van der Waals surface area contributed by atoms with Gasteiger partial charge in [-0.1, -0.05) is 56.3 Å². The molecule has 0 fully saturated rings. The molecule has 3 unspecified atom stereocenters. The third kappa shape index (κ3) is 11.9. The third-order valence-electron chi connectivity index (χ3n) is 6.87. The van der Waals surface area contributed by atoms with Gasteiger partial charge in [0.1, 0.15) is 12.1 Å². The van der Waals surface area contributed by atoms with Crippen LogP contribution in [0.5, 0.6) is 0 Å². The Hall–Kier alpha value is -3.40. The summed E-state index contributed by atoms with van der Waals surface area (Å²) in [5, 5.41) is 19.2. The minimum atomic E-state index is -1.60. The van der Waals surface area contributed by atoms with Gasteiger partial charge in [0.2, 0.25) is 11.8 Å². The molecule has 2 rings (SSSR count). The summed E-state index contributed by atoms with van der Waals surface area (Å²) in [6, 6.07) is 7.47. The van der Waals surface area contributed by atoms with Gasteiger partial charge in [0.25, 0.3) is 5.91 Å². The van der Waals surface area contributed by atoms with Crippen LogP contribution < -0.4 is 16.0 Å². The number of aliphatic hydroxyl groups excluding tert-OH is 1. The molecule has 1 aromatic rings. The van der Waals surface area contributed by atoms with Crippen molar-refractivity contribution in [2.75, 3.05) is 14.1 Å². The highest BCUT2D eigenvalue weighted by molar-refractivity contribution is 5.88. The summed E-state index contributed by atoms with van der Waals surface area (Å²) in [7, 11) is 3.30. The quantitative estimate of drug-likeness (QED) is 0.354. The van der Waals surface area contributed by atoms with Gasteiger partial charge in [0.05, 0.1) is 6.04 Å². The van der Waals surface area contributed by atoms with E-state index < -0.39 is 48.1 Å². The highest BCUT2D eigenvalue weighted by Crippen LogP contribution is 2.20. The van der Waals surface area contributed by atoms with Crippen molar-refractivity contribution < 1.29 is 29.0 Å². The number of nitrogens with one attached hydrogen (secondary N) is 3. The molecule has 228 valence electrons. The van der Waals surface area contributed by atoms with Gasteiger partial charge in [0.15, 0.2) is 6.10 Å². The number of nitrogens with zero attached hydrogens (tertiary/aromatic N) is 1. The minimum Gasteiger partial charge on any atom is -0.446 e. The molecule has 0 aromatic heterocycles. The molecule has 4 amide bonds. The van der Waals surface area contributed by atoms with Crippen LogP contribution in [0.25, 0.3) is 0 Å². The van der Waals surface area contributed by atoms with Gasteiger partial charge in [0, 0.05) is 32.5 Å². The lowest BCUT2D eigenvalue weighted by Crippen LogP contribution is -2.57. The van der Waals surface area contributed by atoms with Gasteiger partial charge >= 0.3 is 6.09 Å². The number of carbonyl (C=O) groups excluding carboxylic acids is 4. The Labute approximate surface area is 244 Å². The molecule has 1 aliphatic rings. The lowest BCUT2D eigenvalue weighted by Gasteiger charge is -2.30. The van der Waals surface area contributed by atoms with Gasteiger partial charge < -0.3 is 30.7 Å². The maximum Gasteiger partial charge on any atom is 0.408 e. The normalized spacial score (nSPS) is 23.4. The van der Waals surface area contributed by atoms with Crippen LogP contribution in [0.1, 0.15) is 65.4 Å². The fourth-order valence-electron chi connectivity index (χ4n) is 4.84. The van der Waals surface area contributed by atoms with Crippen LogP contribution in [0.2, 0.25) is 0 Å². The van der Waals surface area contributed by atoms with Crippen LogP contribution in [-0.2, 0) is 25.5 Å². The summed E-state index contributed by atoms with van der Waals surface area (Å²) in [4.78, 5) is 53.9. The van der Waals surface area contributed by atoms with E-state index in [9.17, 15) is 24.3 Å². The van der Waals surface area contributed by atoms with Crippen LogP contribution in [0.4, 0.5) is 4.79 Å². The zero-order valence-electron chi connectivity index (χ0n) is 25.3. The topological polar surface area (TPSA) is 137 Å². The molecule has 10 nitrogen and oxygen atoms in total. The Morgan fingerprint density at radius 2 is 1.76 bits per heavy atom. The van der Waals surface area contributed by atoms with E-state index in [1.165, 1.54) is 4.90 Å². The summed E-state index contributed by atoms with van der Waals surface area (Å²) in [5.74, 6) is -1.92. The van der Waals surface area contributed by atoms with E-state index in [0.29, 0.717) is 32.1 Å². The van der Waals surface area contributed by atoms with Crippen molar-refractivity contribution in [1.29, 1.82) is 0 Å². The first kappa shape index (κ1) is 33.8. The van der Waals surface area contributed by atoms with Gasteiger partial charge in [-0.2, -0.15) is 0 Å². The molecule has 1 heterocycles. The van der Waals surface area contributed by atoms with Gasteiger partial charge in [-0.05, 0) is 57.4 Å². The number of amides is 4. The molecule has 1 aliphatic heterocycles. The van der Waals surface area contributed by atoms with E-state index in [0.717, 1.165) is 5.56 Å². The van der Waals surface area contributed by atoms with E-state index in [1.54, 1.807) is 27.9 Å². The lowest BCUT2D eigenvalue weighted by molar-refractivity contribution is -0.137. The number of benzene rings is 1. The molecule has 0 aliphatic carbocycles. The number of carbonyl (C=O) groups is 4. The van der Waals surface area contributed by atoms with E-state index >= 15 is 0 Å². The average Bonchev–Trinajstić information content (AvgIpc) is 2.89. The van der Waals surface area contributed by atoms with Gasteiger partial charge in [-0.3, -0.25) is 14.4 Å². The standard InChI is InChI=1S/C31H48N4O6/c1-20(2)17-26-28(37)33-25(27(36)29(38)32-21(3)4)19-23(30(39)35(5)6)15-11-8-12-16-24(41-31(40)34-26)18-22-13-9-7-10-14-22/h7-11,13-14,20-21,23-27,36H,12,15-19H2,1-6H3,(H,32,38)(H,33,37)(H,34,40)/t23?,24?,25-,26-,27?/m0/s1. The Morgan fingerprint density at radius 3 is 2.37 bits per heavy atom. The largest absolute Gasteiger partial charge is 0.446 e. The Kier molecular flexibility index (Phi) is 13.8. The van der Waals surface area contributed by atoms with E-state index in [2.05, 4.69) is 16.0 Å². The summed E-state index contributed by atoms with van der Waals surface area (Å²) in [5.41, 5.74) is 1.02. The van der Waals surface area contributed by atoms with Crippen molar-refractivity contribution in [3.63, 3.8) is 0 Å². The van der Waals surface area contributed by atoms with Crippen LogP contribution in [0.3, 0.4) is 0 Å². The molecule has 1 aromatic carbocycles. The second-order valence-corrected chi connectivity index (χ2v) is 11.7. The van der Waals surface area contributed by atoms with Crippen LogP contribution in [0, 0.1) is 11.8 Å². The third-order valence-corrected chi connectivity index (χ3v) is 6.87. The number of hydrogen-bond donors (Lipinski definition) is 4. The first-order chi connectivity index (χ1) is 19.4. The van der Waals surface area contributed by atoms with Crippen LogP contribution >= 0.6 is 0 Å². The van der Waals surface area contributed by atoms with Crippen molar-refractivity contribution >= 4 is 23.8 Å². The summed E-state index contributed by atoms with van der Waals surface area (Å²) in [6.07, 6.45) is 3.51. The Morgan fingerprint density at radius 1 is 1.07 bits per heavy atom. The Balaban J connectivity index is 2.41. The molecule has 0 saturated carbocycles. The maximum absolute atomic E-state index is 13.5. The number of aliphatic hydroxyl groups is 1. The van der Waals surface area contributed by atoms with Crippen LogP contribution in [0.15, 0.2) is 42.5 Å². The molecular formula is C31H48N4O6. The summed E-state index contributed by atoms with van der Waals surface area (Å²) in [6.45, 7) is 7.38. The molecule has 0 saturated heterocycles. The molecule has 41 heavy (non-hydrogen) atoms. The van der Waals surface area contributed by atoms with Gasteiger partial charge in [-0.25, -0.2) is 4.79 Å². The first-order valence-corrected chi connectivity index (χ1v) is 14.5. The summed E-state index contributed by atoms with van der Waals surface area (Å²) < 4.78 is 5.80. The molecule has 0 spiro atoms. The molecule has 0 bridgehead atoms. The van der Waals surface area contributed by atoms with Crippen molar-refractivity contribution in [2.24, 2.45) is 11.8 Å². The maximum atomic E-state index is 13.5. The zero-order valence-corrected chi connectivity index (χ0v) is 25.3. The fraction of sp³-hybridized carbons (Fsp3) is 0.613. The van der Waals surface area contributed by atoms with Gasteiger partial charge in [-0.15, -0.1) is 0 Å². The number of hydrogen-bond acceptors (Lipinski definition) is 6. The minimum absolute atomic E-state index is 0.0370. The SMILES string of the molecule is CC(C)C[C@@H]1NC(=O)OC(Cc2ccccc2)CCC=CCC(C(=O)N(C)C)C[C@@H](C(O)C(=O)NC(C)C)NC1=O. The van der Waals surface area contributed by atoms with E-state index in [1.807, 2.05) is 56.3 Å². The second kappa shape index (κ2) is 16.8. The van der Waals surface area contributed by atoms with E-state index in [-0.39, 0.29) is 24.3 Å². The molecule has 0 radical (unpaired) electrons. The Bertz CT molecular complexity index is 1030. The monoisotopic (exact) mass is 572 g/mol. The lowest BCUT2D eigenvalue weighted by atomic mass is 9.91.